The third-order valence-corrected chi connectivity index (χ3v) is 3.24. The van der Waals surface area contributed by atoms with Gasteiger partial charge < -0.3 is 15.7 Å². The monoisotopic (exact) mass is 293 g/mol. The zero-order chi connectivity index (χ0) is 16.2. The van der Waals surface area contributed by atoms with E-state index >= 15 is 0 Å². The number of hydrogen-bond acceptors (Lipinski definition) is 4. The van der Waals surface area contributed by atoms with Crippen molar-refractivity contribution in [2.24, 2.45) is 5.41 Å². The Hall–Kier alpha value is -2.11. The maximum atomic E-state index is 11.7. The van der Waals surface area contributed by atoms with Gasteiger partial charge in [0.2, 0.25) is 5.91 Å². The van der Waals surface area contributed by atoms with E-state index in [1.54, 1.807) is 13.1 Å². The standard InChI is InChI=1S/C15H23N3O3/c1-9(2)11-6-10(13(19)20)7-12(18-11)17-8-15(3,4)14(21)16-5/h6-7,9H,8H2,1-5H3,(H,16,21)(H,17,18)(H,19,20). The molecule has 21 heavy (non-hydrogen) atoms. The number of carbonyl (C=O) groups excluding carboxylic acids is 1. The van der Waals surface area contributed by atoms with Gasteiger partial charge >= 0.3 is 5.97 Å². The van der Waals surface area contributed by atoms with Crippen LogP contribution >= 0.6 is 0 Å². The Bertz CT molecular complexity index is 539. The molecule has 3 N–H and O–H groups in total. The van der Waals surface area contributed by atoms with E-state index in [1.807, 2.05) is 27.7 Å². The maximum absolute atomic E-state index is 11.7. The molecular formula is C15H23N3O3. The minimum Gasteiger partial charge on any atom is -0.478 e. The molecule has 1 amide bonds. The summed E-state index contributed by atoms with van der Waals surface area (Å²) in [6, 6.07) is 3.05. The van der Waals surface area contributed by atoms with Crippen molar-refractivity contribution >= 4 is 17.7 Å². The Morgan fingerprint density at radius 3 is 2.43 bits per heavy atom. The second kappa shape index (κ2) is 6.56. The van der Waals surface area contributed by atoms with Gasteiger partial charge in [0, 0.05) is 19.3 Å². The fourth-order valence-corrected chi connectivity index (χ4v) is 1.79. The quantitative estimate of drug-likeness (QED) is 0.747. The van der Waals surface area contributed by atoms with Crippen molar-refractivity contribution in [2.75, 3.05) is 18.9 Å². The lowest BCUT2D eigenvalue weighted by Crippen LogP contribution is -2.39. The predicted molar refractivity (Wildman–Crippen MR) is 81.6 cm³/mol. The molecule has 1 rings (SSSR count). The number of aromatic nitrogens is 1. The van der Waals surface area contributed by atoms with Crippen molar-refractivity contribution < 1.29 is 14.7 Å². The molecule has 0 spiro atoms. The Kier molecular flexibility index (Phi) is 5.29. The molecule has 0 saturated heterocycles. The maximum Gasteiger partial charge on any atom is 0.335 e. The van der Waals surface area contributed by atoms with E-state index in [0.29, 0.717) is 18.1 Å². The number of rotatable bonds is 6. The molecule has 0 aliphatic rings. The molecule has 0 unspecified atom stereocenters. The summed E-state index contributed by atoms with van der Waals surface area (Å²) in [6.45, 7) is 7.88. The molecule has 1 aromatic heterocycles. The van der Waals surface area contributed by atoms with Crippen LogP contribution in [0.1, 0.15) is 49.7 Å². The molecule has 6 heteroatoms. The largest absolute Gasteiger partial charge is 0.478 e. The van der Waals surface area contributed by atoms with E-state index in [4.69, 9.17) is 5.11 Å². The van der Waals surface area contributed by atoms with Gasteiger partial charge in [-0.2, -0.15) is 0 Å². The van der Waals surface area contributed by atoms with Gasteiger partial charge in [0.25, 0.3) is 0 Å². The van der Waals surface area contributed by atoms with Gasteiger partial charge in [0.05, 0.1) is 11.0 Å². The van der Waals surface area contributed by atoms with E-state index in [9.17, 15) is 9.59 Å². The third-order valence-electron chi connectivity index (χ3n) is 3.24. The zero-order valence-corrected chi connectivity index (χ0v) is 13.2. The van der Waals surface area contributed by atoms with Crippen LogP contribution in [0, 0.1) is 5.41 Å². The zero-order valence-electron chi connectivity index (χ0n) is 13.2. The molecule has 0 atom stereocenters. The number of nitrogens with zero attached hydrogens (tertiary/aromatic N) is 1. The molecule has 0 fully saturated rings. The molecule has 0 aliphatic heterocycles. The third kappa shape index (κ3) is 4.44. The Morgan fingerprint density at radius 2 is 1.95 bits per heavy atom. The number of amides is 1. The summed E-state index contributed by atoms with van der Waals surface area (Å²) < 4.78 is 0. The summed E-state index contributed by atoms with van der Waals surface area (Å²) in [5.41, 5.74) is 0.275. The highest BCUT2D eigenvalue weighted by Gasteiger charge is 2.26. The van der Waals surface area contributed by atoms with Gasteiger partial charge in [-0.05, 0) is 31.9 Å². The van der Waals surface area contributed by atoms with Gasteiger partial charge in [0.1, 0.15) is 5.82 Å². The first-order chi connectivity index (χ1) is 9.67. The van der Waals surface area contributed by atoms with Crippen LogP contribution in [0.4, 0.5) is 5.82 Å². The predicted octanol–water partition coefficient (Wildman–Crippen LogP) is 2.09. The first-order valence-electron chi connectivity index (χ1n) is 6.88. The van der Waals surface area contributed by atoms with Crippen LogP contribution in [0.2, 0.25) is 0 Å². The molecule has 1 aromatic rings. The molecule has 0 radical (unpaired) electrons. The number of pyridine rings is 1. The number of carboxylic acids is 1. The van der Waals surface area contributed by atoms with E-state index in [0.717, 1.165) is 0 Å². The molecule has 0 bridgehead atoms. The van der Waals surface area contributed by atoms with Gasteiger partial charge in [-0.15, -0.1) is 0 Å². The summed E-state index contributed by atoms with van der Waals surface area (Å²) in [5, 5.41) is 14.8. The number of anilines is 1. The molecule has 1 heterocycles. The lowest BCUT2D eigenvalue weighted by molar-refractivity contribution is -0.128. The Balaban J connectivity index is 2.98. The van der Waals surface area contributed by atoms with Crippen molar-refractivity contribution in [3.05, 3.63) is 23.4 Å². The minimum absolute atomic E-state index is 0.0894. The van der Waals surface area contributed by atoms with Crippen LogP contribution in [0.25, 0.3) is 0 Å². The molecule has 0 aliphatic carbocycles. The summed E-state index contributed by atoms with van der Waals surface area (Å²) in [7, 11) is 1.59. The van der Waals surface area contributed by atoms with E-state index < -0.39 is 11.4 Å². The van der Waals surface area contributed by atoms with Gasteiger partial charge in [-0.1, -0.05) is 13.8 Å². The molecule has 0 aromatic carbocycles. The fraction of sp³-hybridized carbons (Fsp3) is 0.533. The molecule has 116 valence electrons. The fourth-order valence-electron chi connectivity index (χ4n) is 1.79. The normalized spacial score (nSPS) is 11.3. The van der Waals surface area contributed by atoms with Crippen LogP contribution in [0.3, 0.4) is 0 Å². The summed E-state index contributed by atoms with van der Waals surface area (Å²) in [6.07, 6.45) is 0. The van der Waals surface area contributed by atoms with Crippen molar-refractivity contribution in [3.63, 3.8) is 0 Å². The van der Waals surface area contributed by atoms with Gasteiger partial charge in [-0.25, -0.2) is 9.78 Å². The van der Waals surface area contributed by atoms with Crippen molar-refractivity contribution in [3.8, 4) is 0 Å². The number of nitrogens with one attached hydrogen (secondary N) is 2. The highest BCUT2D eigenvalue weighted by atomic mass is 16.4. The SMILES string of the molecule is CNC(=O)C(C)(C)CNc1cc(C(=O)O)cc(C(C)C)n1. The van der Waals surface area contributed by atoms with E-state index in [2.05, 4.69) is 15.6 Å². The van der Waals surface area contributed by atoms with Gasteiger partial charge in [-0.3, -0.25) is 4.79 Å². The first-order valence-corrected chi connectivity index (χ1v) is 6.88. The van der Waals surface area contributed by atoms with Crippen molar-refractivity contribution in [2.45, 2.75) is 33.6 Å². The van der Waals surface area contributed by atoms with Crippen LogP contribution in [0.5, 0.6) is 0 Å². The van der Waals surface area contributed by atoms with E-state index in [1.165, 1.54) is 6.07 Å². The molecule has 6 nitrogen and oxygen atoms in total. The van der Waals surface area contributed by atoms with Crippen LogP contribution in [-0.2, 0) is 4.79 Å². The minimum atomic E-state index is -0.993. The van der Waals surface area contributed by atoms with Crippen molar-refractivity contribution in [1.82, 2.24) is 10.3 Å². The second-order valence-electron chi connectivity index (χ2n) is 5.94. The Labute approximate surface area is 125 Å². The number of carboxylic acid groups (broad SMARTS) is 1. The molecule has 0 saturated carbocycles. The lowest BCUT2D eigenvalue weighted by atomic mass is 9.92. The summed E-state index contributed by atoms with van der Waals surface area (Å²) in [5.74, 6) is -0.492. The van der Waals surface area contributed by atoms with Crippen molar-refractivity contribution in [1.29, 1.82) is 0 Å². The molecular weight excluding hydrogens is 270 g/mol. The smallest absolute Gasteiger partial charge is 0.335 e. The average Bonchev–Trinajstić information content (AvgIpc) is 2.43. The number of carbonyl (C=O) groups is 2. The summed E-state index contributed by atoms with van der Waals surface area (Å²) >= 11 is 0. The number of aromatic carboxylic acids is 1. The van der Waals surface area contributed by atoms with Crippen LogP contribution < -0.4 is 10.6 Å². The first kappa shape index (κ1) is 16.9. The summed E-state index contributed by atoms with van der Waals surface area (Å²) in [4.78, 5) is 27.3. The highest BCUT2D eigenvalue weighted by molar-refractivity contribution is 5.88. The second-order valence-corrected chi connectivity index (χ2v) is 5.94. The van der Waals surface area contributed by atoms with Gasteiger partial charge in [0.15, 0.2) is 0 Å². The topological polar surface area (TPSA) is 91.3 Å². The van der Waals surface area contributed by atoms with Crippen LogP contribution in [-0.4, -0.2) is 35.6 Å². The lowest BCUT2D eigenvalue weighted by Gasteiger charge is -2.23. The number of hydrogen-bond donors (Lipinski definition) is 3. The Morgan fingerprint density at radius 1 is 1.33 bits per heavy atom. The average molecular weight is 293 g/mol. The van der Waals surface area contributed by atoms with E-state index in [-0.39, 0.29) is 17.4 Å². The highest BCUT2D eigenvalue weighted by Crippen LogP contribution is 2.20. The van der Waals surface area contributed by atoms with Crippen LogP contribution in [0.15, 0.2) is 12.1 Å².